The van der Waals surface area contributed by atoms with E-state index in [9.17, 15) is 0 Å². The molecule has 0 fully saturated rings. The number of nitrogens with zero attached hydrogens (tertiary/aromatic N) is 4. The number of aryl methyl sites for hydroxylation is 2. The zero-order chi connectivity index (χ0) is 16.3. The highest BCUT2D eigenvalue weighted by molar-refractivity contribution is 7.19. The van der Waals surface area contributed by atoms with Gasteiger partial charge in [0.15, 0.2) is 11.5 Å². The quantitative estimate of drug-likeness (QED) is 0.517. The van der Waals surface area contributed by atoms with Crippen LogP contribution in [-0.4, -0.2) is 19.6 Å². The number of hydrogen-bond donors (Lipinski definition) is 0. The normalized spacial score (nSPS) is 17.5. The molecule has 5 rings (SSSR count). The number of hydrogen-bond acceptors (Lipinski definition) is 4. The summed E-state index contributed by atoms with van der Waals surface area (Å²) in [4.78, 5) is 7.31. The maximum atomic E-state index is 4.72. The van der Waals surface area contributed by atoms with Crippen LogP contribution in [0.5, 0.6) is 0 Å². The molecular weight excluding hydrogens is 316 g/mol. The Morgan fingerprint density at radius 3 is 3.04 bits per heavy atom. The van der Waals surface area contributed by atoms with E-state index in [1.807, 2.05) is 22.1 Å². The molecule has 0 spiro atoms. The fraction of sp³-hybridized carbons (Fsp3) is 0.316. The molecule has 0 radical (unpaired) electrons. The van der Waals surface area contributed by atoms with Crippen molar-refractivity contribution in [1.29, 1.82) is 0 Å². The zero-order valence-corrected chi connectivity index (χ0v) is 14.6. The average molecular weight is 334 g/mol. The molecular formula is C19H18N4S. The number of thiophene rings is 1. The lowest BCUT2D eigenvalue weighted by molar-refractivity contribution is 0.509. The van der Waals surface area contributed by atoms with Crippen LogP contribution >= 0.6 is 11.3 Å². The van der Waals surface area contributed by atoms with E-state index < -0.39 is 0 Å². The Labute approximate surface area is 144 Å². The molecule has 0 amide bonds. The molecule has 24 heavy (non-hydrogen) atoms. The van der Waals surface area contributed by atoms with Gasteiger partial charge in [0.05, 0.1) is 5.39 Å². The molecule has 4 nitrogen and oxygen atoms in total. The first-order valence-electron chi connectivity index (χ1n) is 8.42. The SMILES string of the molecule is Cc1cccc(-c2nnc3c4c5c(sc4ncn23)C[C@H](C)CC5)c1. The summed E-state index contributed by atoms with van der Waals surface area (Å²) in [6.45, 7) is 4.43. The van der Waals surface area contributed by atoms with Gasteiger partial charge in [0.2, 0.25) is 0 Å². The van der Waals surface area contributed by atoms with E-state index in [0.29, 0.717) is 0 Å². The molecule has 3 aromatic heterocycles. The highest BCUT2D eigenvalue weighted by atomic mass is 32.1. The molecule has 0 saturated carbocycles. The lowest BCUT2D eigenvalue weighted by atomic mass is 9.89. The molecule has 0 N–H and O–H groups in total. The molecule has 0 saturated heterocycles. The smallest absolute Gasteiger partial charge is 0.172 e. The number of fused-ring (bicyclic) bond motifs is 5. The van der Waals surface area contributed by atoms with Gasteiger partial charge in [-0.3, -0.25) is 4.40 Å². The summed E-state index contributed by atoms with van der Waals surface area (Å²) >= 11 is 1.83. The predicted molar refractivity (Wildman–Crippen MR) is 97.5 cm³/mol. The molecule has 1 atom stereocenters. The fourth-order valence-corrected chi connectivity index (χ4v) is 5.07. The predicted octanol–water partition coefficient (Wildman–Crippen LogP) is 4.44. The second-order valence-electron chi connectivity index (χ2n) is 6.86. The Hall–Kier alpha value is -2.27. The summed E-state index contributed by atoms with van der Waals surface area (Å²) in [6.07, 6.45) is 5.42. The topological polar surface area (TPSA) is 43.1 Å². The van der Waals surface area contributed by atoms with Gasteiger partial charge in [-0.05, 0) is 43.7 Å². The lowest BCUT2D eigenvalue weighted by Gasteiger charge is -2.17. The molecule has 1 aliphatic carbocycles. The van der Waals surface area contributed by atoms with Crippen LogP contribution in [-0.2, 0) is 12.8 Å². The summed E-state index contributed by atoms with van der Waals surface area (Å²) in [5.74, 6) is 1.63. The van der Waals surface area contributed by atoms with Gasteiger partial charge in [-0.25, -0.2) is 4.98 Å². The molecule has 3 heterocycles. The largest absolute Gasteiger partial charge is 0.265 e. The van der Waals surface area contributed by atoms with Crippen molar-refractivity contribution >= 4 is 27.2 Å². The first kappa shape index (κ1) is 14.1. The third kappa shape index (κ3) is 2.01. The molecule has 1 aliphatic rings. The van der Waals surface area contributed by atoms with Crippen LogP contribution in [0.25, 0.3) is 27.3 Å². The van der Waals surface area contributed by atoms with Gasteiger partial charge < -0.3 is 0 Å². The van der Waals surface area contributed by atoms with Crippen LogP contribution in [0.3, 0.4) is 0 Å². The maximum absolute atomic E-state index is 4.72. The van der Waals surface area contributed by atoms with E-state index in [0.717, 1.165) is 34.2 Å². The standard InChI is InChI=1S/C19H18N4S/c1-11-4-3-5-13(8-11)17-21-22-18-16-14-7-6-12(2)9-15(14)24-19(16)20-10-23(17)18/h3-5,8,10,12H,6-7,9H2,1-2H3/t12-/m1/s1. The second kappa shape index (κ2) is 5.11. The monoisotopic (exact) mass is 334 g/mol. The van der Waals surface area contributed by atoms with Gasteiger partial charge >= 0.3 is 0 Å². The van der Waals surface area contributed by atoms with Crippen molar-refractivity contribution in [2.45, 2.75) is 33.1 Å². The van der Waals surface area contributed by atoms with Crippen LogP contribution in [0.4, 0.5) is 0 Å². The molecule has 0 bridgehead atoms. The Morgan fingerprint density at radius 1 is 1.25 bits per heavy atom. The van der Waals surface area contributed by atoms with Gasteiger partial charge in [0.25, 0.3) is 0 Å². The summed E-state index contributed by atoms with van der Waals surface area (Å²) in [7, 11) is 0. The van der Waals surface area contributed by atoms with Crippen LogP contribution in [0.1, 0.15) is 29.3 Å². The third-order valence-corrected chi connectivity index (χ3v) is 6.14. The molecule has 0 aliphatic heterocycles. The van der Waals surface area contributed by atoms with Crippen LogP contribution in [0.2, 0.25) is 0 Å². The minimum absolute atomic E-state index is 0.766. The van der Waals surface area contributed by atoms with E-state index >= 15 is 0 Å². The van der Waals surface area contributed by atoms with Crippen molar-refractivity contribution in [3.8, 4) is 11.4 Å². The minimum Gasteiger partial charge on any atom is -0.265 e. The summed E-state index contributed by atoms with van der Waals surface area (Å²) in [6, 6.07) is 8.38. The summed E-state index contributed by atoms with van der Waals surface area (Å²) in [5, 5.41) is 10.2. The first-order chi connectivity index (χ1) is 11.7. The number of aromatic nitrogens is 4. The van der Waals surface area contributed by atoms with Gasteiger partial charge in [0.1, 0.15) is 11.2 Å². The van der Waals surface area contributed by atoms with E-state index in [1.54, 1.807) is 0 Å². The van der Waals surface area contributed by atoms with Crippen LogP contribution in [0, 0.1) is 12.8 Å². The van der Waals surface area contributed by atoms with Crippen molar-refractivity contribution < 1.29 is 0 Å². The maximum Gasteiger partial charge on any atom is 0.172 e. The Kier molecular flexibility index (Phi) is 3.00. The van der Waals surface area contributed by atoms with Crippen molar-refractivity contribution in [2.24, 2.45) is 5.92 Å². The fourth-order valence-electron chi connectivity index (χ4n) is 3.72. The Balaban J connectivity index is 1.78. The molecule has 1 aromatic carbocycles. The van der Waals surface area contributed by atoms with Gasteiger partial charge in [-0.2, -0.15) is 0 Å². The highest BCUT2D eigenvalue weighted by Gasteiger charge is 2.24. The van der Waals surface area contributed by atoms with Crippen molar-refractivity contribution in [3.63, 3.8) is 0 Å². The number of benzene rings is 1. The summed E-state index contributed by atoms with van der Waals surface area (Å²) < 4.78 is 2.04. The van der Waals surface area contributed by atoms with E-state index in [1.165, 1.54) is 34.2 Å². The second-order valence-corrected chi connectivity index (χ2v) is 7.95. The van der Waals surface area contributed by atoms with Crippen molar-refractivity contribution in [1.82, 2.24) is 19.6 Å². The Morgan fingerprint density at radius 2 is 2.17 bits per heavy atom. The van der Waals surface area contributed by atoms with Gasteiger partial charge in [-0.1, -0.05) is 30.7 Å². The Bertz CT molecular complexity index is 1080. The molecule has 0 unspecified atom stereocenters. The molecule has 5 heteroatoms. The molecule has 4 aromatic rings. The van der Waals surface area contributed by atoms with Crippen molar-refractivity contribution in [3.05, 3.63) is 46.6 Å². The van der Waals surface area contributed by atoms with Crippen LogP contribution in [0.15, 0.2) is 30.6 Å². The lowest BCUT2D eigenvalue weighted by Crippen LogP contribution is -2.08. The van der Waals surface area contributed by atoms with E-state index in [4.69, 9.17) is 4.98 Å². The first-order valence-corrected chi connectivity index (χ1v) is 9.23. The van der Waals surface area contributed by atoms with Gasteiger partial charge in [-0.15, -0.1) is 21.5 Å². The zero-order valence-electron chi connectivity index (χ0n) is 13.8. The third-order valence-electron chi connectivity index (χ3n) is 4.98. The summed E-state index contributed by atoms with van der Waals surface area (Å²) in [5.41, 5.74) is 4.71. The minimum atomic E-state index is 0.766. The van der Waals surface area contributed by atoms with Gasteiger partial charge in [0, 0.05) is 10.4 Å². The van der Waals surface area contributed by atoms with E-state index in [-0.39, 0.29) is 0 Å². The number of rotatable bonds is 1. The van der Waals surface area contributed by atoms with Crippen LogP contribution < -0.4 is 0 Å². The van der Waals surface area contributed by atoms with Crippen molar-refractivity contribution in [2.75, 3.05) is 0 Å². The average Bonchev–Trinajstić information content (AvgIpc) is 3.14. The highest BCUT2D eigenvalue weighted by Crippen LogP contribution is 2.39. The molecule has 120 valence electrons. The van der Waals surface area contributed by atoms with E-state index in [2.05, 4.69) is 48.3 Å².